The summed E-state index contributed by atoms with van der Waals surface area (Å²) in [6.07, 6.45) is 4.55. The zero-order valence-electron chi connectivity index (χ0n) is 15.7. The van der Waals surface area contributed by atoms with Crippen molar-refractivity contribution in [2.24, 2.45) is 0 Å². The third-order valence-electron chi connectivity index (χ3n) is 4.10. The van der Waals surface area contributed by atoms with Crippen LogP contribution in [0.25, 0.3) is 6.08 Å². The molecule has 1 unspecified atom stereocenters. The average Bonchev–Trinajstić information content (AvgIpc) is 3.55. The maximum absolute atomic E-state index is 14.1. The molecule has 152 valence electrons. The number of aldehydes is 1. The monoisotopic (exact) mass is 400 g/mol. The Balaban J connectivity index is 1.45. The van der Waals surface area contributed by atoms with Crippen LogP contribution in [0.15, 0.2) is 48.5 Å². The summed E-state index contributed by atoms with van der Waals surface area (Å²) in [6.45, 7) is 2.33. The molecule has 1 atom stereocenters. The second-order valence-electron chi connectivity index (χ2n) is 6.30. The minimum atomic E-state index is -0.695. The second-order valence-corrected chi connectivity index (χ2v) is 6.30. The number of benzene rings is 2. The van der Waals surface area contributed by atoms with E-state index in [-0.39, 0.29) is 11.3 Å². The molecule has 7 heteroatoms. The number of carbonyl (C=O) groups excluding carboxylic acids is 2. The van der Waals surface area contributed by atoms with Crippen molar-refractivity contribution >= 4 is 18.3 Å². The van der Waals surface area contributed by atoms with Gasteiger partial charge in [0.05, 0.1) is 24.9 Å². The molecule has 3 rings (SSSR count). The Morgan fingerprint density at radius 3 is 2.62 bits per heavy atom. The Morgan fingerprint density at radius 2 is 1.93 bits per heavy atom. The first kappa shape index (κ1) is 20.7. The third-order valence-corrected chi connectivity index (χ3v) is 4.10. The molecule has 0 saturated carbocycles. The van der Waals surface area contributed by atoms with E-state index < -0.39 is 11.8 Å². The highest BCUT2D eigenvalue weighted by atomic mass is 19.1. The van der Waals surface area contributed by atoms with E-state index in [0.29, 0.717) is 43.5 Å². The van der Waals surface area contributed by atoms with Gasteiger partial charge in [-0.2, -0.15) is 0 Å². The maximum atomic E-state index is 14.1. The van der Waals surface area contributed by atoms with Crippen molar-refractivity contribution < 1.29 is 32.9 Å². The highest BCUT2D eigenvalue weighted by molar-refractivity contribution is 5.91. The number of halogens is 1. The van der Waals surface area contributed by atoms with Gasteiger partial charge in [0.2, 0.25) is 0 Å². The van der Waals surface area contributed by atoms with Crippen LogP contribution in [0.4, 0.5) is 4.39 Å². The fourth-order valence-corrected chi connectivity index (χ4v) is 2.47. The third kappa shape index (κ3) is 6.81. The number of hydrogen-bond acceptors (Lipinski definition) is 6. The van der Waals surface area contributed by atoms with Crippen LogP contribution in [0.2, 0.25) is 0 Å². The van der Waals surface area contributed by atoms with Crippen LogP contribution < -0.4 is 9.47 Å². The van der Waals surface area contributed by atoms with E-state index in [1.54, 1.807) is 30.3 Å². The van der Waals surface area contributed by atoms with Crippen molar-refractivity contribution in [3.8, 4) is 11.5 Å². The van der Waals surface area contributed by atoms with Crippen molar-refractivity contribution in [3.05, 3.63) is 65.5 Å². The van der Waals surface area contributed by atoms with E-state index in [9.17, 15) is 14.0 Å². The van der Waals surface area contributed by atoms with Gasteiger partial charge in [0.25, 0.3) is 0 Å². The topological polar surface area (TPSA) is 74.4 Å². The second kappa shape index (κ2) is 10.5. The number of epoxide rings is 1. The molecule has 0 radical (unpaired) electrons. The molecule has 0 aromatic heterocycles. The summed E-state index contributed by atoms with van der Waals surface area (Å²) in [5.74, 6) is -0.975. The van der Waals surface area contributed by atoms with E-state index in [1.165, 1.54) is 24.3 Å². The van der Waals surface area contributed by atoms with Gasteiger partial charge < -0.3 is 18.9 Å². The van der Waals surface area contributed by atoms with Crippen LogP contribution in [0.1, 0.15) is 22.3 Å². The first-order valence-corrected chi connectivity index (χ1v) is 9.21. The van der Waals surface area contributed by atoms with Gasteiger partial charge in [-0.25, -0.2) is 9.18 Å². The van der Waals surface area contributed by atoms with E-state index in [2.05, 4.69) is 0 Å². The Hall–Kier alpha value is -3.03. The van der Waals surface area contributed by atoms with Gasteiger partial charge in [0, 0.05) is 6.61 Å². The van der Waals surface area contributed by atoms with Gasteiger partial charge in [-0.05, 0) is 54.5 Å². The van der Waals surface area contributed by atoms with Crippen molar-refractivity contribution in [2.75, 3.05) is 26.4 Å². The predicted molar refractivity (Wildman–Crippen MR) is 104 cm³/mol. The predicted octanol–water partition coefficient (Wildman–Crippen LogP) is 3.44. The van der Waals surface area contributed by atoms with Gasteiger partial charge in [-0.15, -0.1) is 0 Å². The van der Waals surface area contributed by atoms with Gasteiger partial charge in [-0.1, -0.05) is 12.1 Å². The van der Waals surface area contributed by atoms with Crippen molar-refractivity contribution in [2.45, 2.75) is 12.5 Å². The van der Waals surface area contributed by atoms with Crippen LogP contribution in [-0.2, 0) is 14.3 Å². The number of ether oxygens (including phenoxy) is 4. The molecule has 1 heterocycles. The summed E-state index contributed by atoms with van der Waals surface area (Å²) in [5, 5.41) is 0. The molecule has 0 bridgehead atoms. The molecule has 2 aromatic carbocycles. The highest BCUT2D eigenvalue weighted by Crippen LogP contribution is 2.21. The summed E-state index contributed by atoms with van der Waals surface area (Å²) in [7, 11) is 0. The molecule has 6 nitrogen and oxygen atoms in total. The molecular weight excluding hydrogens is 379 g/mol. The largest absolute Gasteiger partial charge is 0.491 e. The zero-order valence-corrected chi connectivity index (χ0v) is 15.7. The van der Waals surface area contributed by atoms with E-state index in [4.69, 9.17) is 18.9 Å². The average molecular weight is 400 g/mol. The molecule has 0 N–H and O–H groups in total. The van der Waals surface area contributed by atoms with Crippen LogP contribution in [0.3, 0.4) is 0 Å². The summed E-state index contributed by atoms with van der Waals surface area (Å²) in [6, 6.07) is 10.4. The van der Waals surface area contributed by atoms with Gasteiger partial charge in [-0.3, -0.25) is 4.79 Å². The molecule has 1 aliphatic rings. The lowest BCUT2D eigenvalue weighted by atomic mass is 10.2. The molecule has 1 saturated heterocycles. The van der Waals surface area contributed by atoms with Crippen molar-refractivity contribution in [1.82, 2.24) is 0 Å². The molecule has 29 heavy (non-hydrogen) atoms. The first-order valence-electron chi connectivity index (χ1n) is 9.21. The summed E-state index contributed by atoms with van der Waals surface area (Å²) < 4.78 is 35.2. The maximum Gasteiger partial charge on any atom is 0.343 e. The quantitative estimate of drug-likeness (QED) is 0.144. The number of rotatable bonds is 11. The molecule has 1 aliphatic heterocycles. The van der Waals surface area contributed by atoms with Crippen LogP contribution in [-0.4, -0.2) is 44.8 Å². The molecular formula is C22H21FO6. The normalized spacial score (nSPS) is 15.3. The van der Waals surface area contributed by atoms with Gasteiger partial charge in [0.15, 0.2) is 11.6 Å². The van der Waals surface area contributed by atoms with E-state index in [1.807, 2.05) is 0 Å². The lowest BCUT2D eigenvalue weighted by molar-refractivity contribution is -0.104. The van der Waals surface area contributed by atoms with Gasteiger partial charge in [0.1, 0.15) is 18.6 Å². The van der Waals surface area contributed by atoms with E-state index >= 15 is 0 Å². The Labute approximate surface area is 167 Å². The van der Waals surface area contributed by atoms with Gasteiger partial charge >= 0.3 is 5.97 Å². The van der Waals surface area contributed by atoms with Crippen LogP contribution >= 0.6 is 0 Å². The smallest absolute Gasteiger partial charge is 0.343 e. The van der Waals surface area contributed by atoms with Crippen LogP contribution in [0, 0.1) is 5.82 Å². The fraction of sp³-hybridized carbons (Fsp3) is 0.273. The van der Waals surface area contributed by atoms with Crippen LogP contribution in [0.5, 0.6) is 11.5 Å². The minimum Gasteiger partial charge on any atom is -0.491 e. The molecule has 0 amide bonds. The Morgan fingerprint density at radius 1 is 1.14 bits per heavy atom. The highest BCUT2D eigenvalue weighted by Gasteiger charge is 2.21. The molecule has 0 aliphatic carbocycles. The zero-order chi connectivity index (χ0) is 20.5. The van der Waals surface area contributed by atoms with Crippen molar-refractivity contribution in [3.63, 3.8) is 0 Å². The lowest BCUT2D eigenvalue weighted by Crippen LogP contribution is -2.10. The SMILES string of the molecule is O=C/C=C/c1ccc(OC(=O)c2ccc(OCCOCCC3CO3)cc2)c(F)c1. The number of esters is 1. The Bertz CT molecular complexity index is 858. The Kier molecular flexibility index (Phi) is 7.49. The fourth-order valence-electron chi connectivity index (χ4n) is 2.47. The lowest BCUT2D eigenvalue weighted by Gasteiger charge is -2.09. The summed E-state index contributed by atoms with van der Waals surface area (Å²) >= 11 is 0. The first-order chi connectivity index (χ1) is 14.2. The van der Waals surface area contributed by atoms with Crippen molar-refractivity contribution in [1.29, 1.82) is 0 Å². The summed E-state index contributed by atoms with van der Waals surface area (Å²) in [4.78, 5) is 22.5. The number of hydrogen-bond donors (Lipinski definition) is 0. The van der Waals surface area contributed by atoms with E-state index in [0.717, 1.165) is 13.0 Å². The molecule has 2 aromatic rings. The number of carbonyl (C=O) groups is 2. The number of allylic oxidation sites excluding steroid dienone is 1. The molecule has 0 spiro atoms. The molecule has 1 fully saturated rings. The minimum absolute atomic E-state index is 0.188. The summed E-state index contributed by atoms with van der Waals surface area (Å²) in [5.41, 5.74) is 0.753. The standard InChI is InChI=1S/C22H21FO6/c23-20-14-16(2-1-10-24)3-8-21(20)29-22(25)17-4-6-18(7-5-17)27-13-12-26-11-9-19-15-28-19/h1-8,10,14,19H,9,11-13,15H2/b2-1+.